The van der Waals surface area contributed by atoms with Crippen molar-refractivity contribution >= 4 is 30.0 Å². The first-order chi connectivity index (χ1) is 33.9. The second-order valence-corrected chi connectivity index (χ2v) is 19.3. The fourth-order valence-electron chi connectivity index (χ4n) is 8.46. The molecule has 1 fully saturated rings. The molecule has 0 saturated carbocycles. The fraction of sp³-hybridized carbons (Fsp3) is 0.909. The van der Waals surface area contributed by atoms with Crippen LogP contribution in [-0.4, -0.2) is 170 Å². The van der Waals surface area contributed by atoms with Crippen LogP contribution < -0.4 is 0 Å². The van der Waals surface area contributed by atoms with Gasteiger partial charge in [-0.15, -0.1) is 0 Å². The van der Waals surface area contributed by atoms with Crippen LogP contribution in [0.15, 0.2) is 0 Å². The van der Waals surface area contributed by atoms with E-state index in [1.807, 2.05) is 0 Å². The Balaban J connectivity index is 0.00000292. The molecule has 1 N–H and O–H groups in total. The fourth-order valence-corrected chi connectivity index (χ4v) is 8.46. The molecule has 15 nitrogen and oxygen atoms in total. The summed E-state index contributed by atoms with van der Waals surface area (Å²) in [6, 6.07) is -1.54. The molecule has 1 saturated heterocycles. The van der Waals surface area contributed by atoms with Crippen LogP contribution in [0.25, 0.3) is 0 Å². The van der Waals surface area contributed by atoms with Crippen LogP contribution >= 0.6 is 0 Å². The number of aliphatic hydroxyl groups excluding tert-OH is 1. The largest absolute Gasteiger partial charge is 0.466 e. The Kier molecular flexibility index (Phi) is 45.0. The van der Waals surface area contributed by atoms with Crippen molar-refractivity contribution in [1.29, 1.82) is 0 Å². The maximum absolute atomic E-state index is 13.4. The second-order valence-electron chi connectivity index (χ2n) is 19.3. The first-order valence-corrected chi connectivity index (χ1v) is 28.6. The van der Waals surface area contributed by atoms with Gasteiger partial charge < -0.3 is 34.0 Å². The number of ether oxygens (including phenoxy) is 3. The lowest BCUT2D eigenvalue weighted by Crippen LogP contribution is -2.67. The van der Waals surface area contributed by atoms with Crippen molar-refractivity contribution in [2.75, 3.05) is 98.9 Å². The number of nitrogens with zero attached hydrogens (tertiary/aromatic N) is 6. The molecule has 0 aliphatic carbocycles. The number of amides is 4. The third-order valence-electron chi connectivity index (χ3n) is 12.8. The molecule has 0 bridgehead atoms. The maximum atomic E-state index is 13.4. The highest BCUT2D eigenvalue weighted by Crippen LogP contribution is 2.19. The van der Waals surface area contributed by atoms with E-state index < -0.39 is 30.4 Å². The predicted molar refractivity (Wildman–Crippen MR) is 285 cm³/mol. The lowest BCUT2D eigenvalue weighted by atomic mass is 10.1. The average molecular weight is 998 g/mol. The van der Waals surface area contributed by atoms with E-state index in [0.29, 0.717) is 13.1 Å². The van der Waals surface area contributed by atoms with Crippen LogP contribution in [0.1, 0.15) is 222 Å². The van der Waals surface area contributed by atoms with Crippen molar-refractivity contribution in [2.24, 2.45) is 0 Å². The number of rotatable bonds is 46. The zero-order valence-electron chi connectivity index (χ0n) is 46.5. The van der Waals surface area contributed by atoms with Gasteiger partial charge in [0.1, 0.15) is 13.2 Å². The molecular weight excluding hydrogens is 889 g/mol. The quantitative estimate of drug-likeness (QED) is 0.0351. The van der Waals surface area contributed by atoms with E-state index in [-0.39, 0.29) is 71.1 Å². The van der Waals surface area contributed by atoms with E-state index in [4.69, 9.17) is 14.2 Å². The Morgan fingerprint density at radius 3 is 1.29 bits per heavy atom. The van der Waals surface area contributed by atoms with Crippen molar-refractivity contribution in [3.63, 3.8) is 0 Å². The summed E-state index contributed by atoms with van der Waals surface area (Å²) in [5.74, 6) is -1.19. The molecule has 1 heterocycles. The number of aliphatic hydroxyl groups is 1. The number of hydrogen-bond donors (Lipinski definition) is 1. The first-order valence-electron chi connectivity index (χ1n) is 28.6. The smallest absolute Gasteiger partial charge is 0.331 e. The topological polar surface area (TPSA) is 153 Å². The molecule has 0 aromatic heterocycles. The van der Waals surface area contributed by atoms with E-state index in [1.54, 1.807) is 6.92 Å². The molecule has 70 heavy (non-hydrogen) atoms. The maximum Gasteiger partial charge on any atom is 0.331 e. The van der Waals surface area contributed by atoms with Crippen molar-refractivity contribution in [3.8, 4) is 0 Å². The van der Waals surface area contributed by atoms with Crippen molar-refractivity contribution in [1.82, 2.24) is 29.4 Å². The van der Waals surface area contributed by atoms with Crippen LogP contribution in [0, 0.1) is 0 Å². The van der Waals surface area contributed by atoms with Gasteiger partial charge in [0, 0.05) is 26.1 Å². The minimum Gasteiger partial charge on any atom is -0.466 e. The van der Waals surface area contributed by atoms with Crippen molar-refractivity contribution in [3.05, 3.63) is 0 Å². The summed E-state index contributed by atoms with van der Waals surface area (Å²) in [4.78, 5) is 73.9. The zero-order valence-corrected chi connectivity index (χ0v) is 46.5. The third kappa shape index (κ3) is 35.2. The van der Waals surface area contributed by atoms with E-state index in [0.717, 1.165) is 66.6 Å². The Morgan fingerprint density at radius 1 is 0.429 bits per heavy atom. The van der Waals surface area contributed by atoms with Crippen LogP contribution in [0.5, 0.6) is 0 Å². The monoisotopic (exact) mass is 997 g/mol. The van der Waals surface area contributed by atoms with E-state index in [2.05, 4.69) is 63.3 Å². The number of hydrogen-bond acceptors (Lipinski definition) is 12. The Hall–Kier alpha value is -3.01. The molecule has 1 unspecified atom stereocenters. The molecule has 1 rings (SSSR count). The van der Waals surface area contributed by atoms with Gasteiger partial charge in [-0.25, -0.2) is 14.5 Å². The summed E-state index contributed by atoms with van der Waals surface area (Å²) >= 11 is 0. The normalized spacial score (nSPS) is 13.9. The second kappa shape index (κ2) is 47.0. The molecule has 1 atom stereocenters. The van der Waals surface area contributed by atoms with E-state index in [9.17, 15) is 29.1 Å². The summed E-state index contributed by atoms with van der Waals surface area (Å²) in [7, 11) is 2.25. The summed E-state index contributed by atoms with van der Waals surface area (Å²) in [6.07, 6.45) is 28.4. The molecule has 1 aliphatic rings. The van der Waals surface area contributed by atoms with E-state index in [1.165, 1.54) is 135 Å². The number of unbranched alkanes of at least 4 members (excludes halogenated alkanes) is 17. The van der Waals surface area contributed by atoms with Gasteiger partial charge in [0.15, 0.2) is 0 Å². The van der Waals surface area contributed by atoms with Gasteiger partial charge in [-0.05, 0) is 91.3 Å². The van der Waals surface area contributed by atoms with Crippen LogP contribution in [0.2, 0.25) is 0 Å². The molecule has 4 amide bonds. The predicted octanol–water partition coefficient (Wildman–Crippen LogP) is 11.2. The molecule has 0 radical (unpaired) electrons. The first kappa shape index (κ1) is 67.0. The lowest BCUT2D eigenvalue weighted by molar-refractivity contribution is -0.148. The molecular formula is C55H108N6O9. The van der Waals surface area contributed by atoms with Crippen LogP contribution in [0.4, 0.5) is 9.59 Å². The van der Waals surface area contributed by atoms with Crippen LogP contribution in [-0.2, 0) is 28.6 Å². The van der Waals surface area contributed by atoms with Gasteiger partial charge in [0.25, 0.3) is 0 Å². The molecule has 1 aliphatic heterocycles. The highest BCUT2D eigenvalue weighted by atomic mass is 16.5. The third-order valence-corrected chi connectivity index (χ3v) is 12.8. The number of carbonyl (C=O) groups excluding carboxylic acids is 5. The highest BCUT2D eigenvalue weighted by molar-refractivity contribution is 5.96. The minimum absolute atomic E-state index is 0.00476. The van der Waals surface area contributed by atoms with E-state index >= 15 is 0 Å². The van der Waals surface area contributed by atoms with Crippen molar-refractivity contribution in [2.45, 2.75) is 228 Å². The van der Waals surface area contributed by atoms with Gasteiger partial charge in [0.05, 0.1) is 32.5 Å². The van der Waals surface area contributed by atoms with Crippen molar-refractivity contribution < 1.29 is 43.3 Å². The van der Waals surface area contributed by atoms with Crippen LogP contribution in [0.3, 0.4) is 0 Å². The number of esters is 3. The molecule has 0 aromatic carbocycles. The standard InChI is InChI=1S/C42H79N5O9.C13H29N/c1-6-11-13-15-17-19-21-28-44(27-20-18-16-14-12-7-2)31-24-38(49)54-34-22-29-45-40(51)46(32-35-55-37(48)10-5)42(53)47(41(45)52)33-36-56-39(50)23-30-43(25-8-3)26-9-4;1-4-6-8-9-10-11-13-14(3)12-7-5-2/h41,52H,6-36H2,1-5H3;4-13H2,1-3H3. The lowest BCUT2D eigenvalue weighted by Gasteiger charge is -2.44. The highest BCUT2D eigenvalue weighted by Gasteiger charge is 2.43. The molecule has 412 valence electrons. The number of urea groups is 2. The Morgan fingerprint density at radius 2 is 0.814 bits per heavy atom. The number of carbonyl (C=O) groups is 5. The average Bonchev–Trinajstić information content (AvgIpc) is 3.35. The van der Waals surface area contributed by atoms with Gasteiger partial charge in [-0.1, -0.05) is 158 Å². The zero-order chi connectivity index (χ0) is 52.0. The Labute approximate surface area is 428 Å². The number of imide groups is 1. The van der Waals surface area contributed by atoms with Gasteiger partial charge >= 0.3 is 30.0 Å². The molecule has 0 aromatic rings. The Bertz CT molecular complexity index is 1290. The summed E-state index contributed by atoms with van der Waals surface area (Å²) in [6.45, 7) is 21.6. The molecule has 0 spiro atoms. The summed E-state index contributed by atoms with van der Waals surface area (Å²) in [5.41, 5.74) is 0. The minimum atomic E-state index is -1.62. The summed E-state index contributed by atoms with van der Waals surface area (Å²) in [5, 5.41) is 11.2. The SMILES string of the molecule is CCCCCCCCCN(CCCCCCCC)CCC(=O)OCCCN1C(=O)N(CCOC(=O)CC)C(=O)N(CCOC(=O)CCN(CCC)CCC)C1O.CCCCCCCCN(C)CCCC. The van der Waals surface area contributed by atoms with Gasteiger partial charge in [-0.3, -0.25) is 24.2 Å². The molecule has 15 heteroatoms. The van der Waals surface area contributed by atoms with Gasteiger partial charge in [0.2, 0.25) is 6.35 Å². The summed E-state index contributed by atoms with van der Waals surface area (Å²) < 4.78 is 16.1. The van der Waals surface area contributed by atoms with Gasteiger partial charge in [-0.2, -0.15) is 0 Å².